The molecule has 0 aromatic rings. The molecule has 1 amide bonds. The summed E-state index contributed by atoms with van der Waals surface area (Å²) in [5, 5.41) is 23.7. The second-order valence-corrected chi connectivity index (χ2v) is 23.4. The molecule has 0 aromatic heterocycles. The molecule has 1 aliphatic carbocycles. The minimum absolute atomic E-state index is 0.00642. The Labute approximate surface area is 433 Å². The molecular weight excluding hydrogens is 962 g/mol. The summed E-state index contributed by atoms with van der Waals surface area (Å²) in [6.07, 6.45) is 10.2. The highest BCUT2D eigenvalue weighted by Crippen LogP contribution is 2.50. The second-order valence-electron chi connectivity index (χ2n) is 21.4. The molecule has 17 atom stereocenters. The van der Waals surface area contributed by atoms with Gasteiger partial charge in [-0.25, -0.2) is 4.79 Å². The molecule has 4 fully saturated rings. The van der Waals surface area contributed by atoms with Crippen LogP contribution in [0.5, 0.6) is 0 Å². The van der Waals surface area contributed by atoms with Gasteiger partial charge in [0.15, 0.2) is 5.78 Å². The number of allylic oxidation sites excluding steroid dienone is 6. The Morgan fingerprint density at radius 2 is 1.60 bits per heavy atom. The lowest BCUT2D eigenvalue weighted by atomic mass is 9.68. The minimum atomic E-state index is -3.47. The third kappa shape index (κ3) is 15.7. The molecule has 73 heavy (non-hydrogen) atoms. The van der Waals surface area contributed by atoms with E-state index in [1.165, 1.54) is 18.7 Å². The molecular formula is C55H86NO16P. The van der Waals surface area contributed by atoms with Gasteiger partial charge in [0.05, 0.1) is 37.6 Å². The van der Waals surface area contributed by atoms with Crippen molar-refractivity contribution in [1.82, 2.24) is 4.90 Å². The number of esters is 1. The Balaban J connectivity index is 1.49. The molecule has 412 valence electrons. The Bertz CT molecular complexity index is 2070. The zero-order valence-electron chi connectivity index (χ0n) is 45.2. The van der Waals surface area contributed by atoms with Crippen LogP contribution in [0.4, 0.5) is 0 Å². The monoisotopic (exact) mass is 1050 g/mol. The predicted octanol–water partition coefficient (Wildman–Crippen LogP) is 7.30. The normalized spacial score (nSPS) is 40.2. The van der Waals surface area contributed by atoms with Crippen LogP contribution < -0.4 is 0 Å². The molecule has 5 aliphatic rings. The van der Waals surface area contributed by atoms with Crippen molar-refractivity contribution in [2.45, 2.75) is 174 Å². The number of carbonyl (C=O) groups is 5. The van der Waals surface area contributed by atoms with Gasteiger partial charge in [0.1, 0.15) is 30.1 Å². The van der Waals surface area contributed by atoms with Crippen molar-refractivity contribution in [2.75, 3.05) is 54.4 Å². The van der Waals surface area contributed by atoms with Crippen molar-refractivity contribution in [3.05, 3.63) is 47.6 Å². The average Bonchev–Trinajstić information content (AvgIpc) is 3.35. The van der Waals surface area contributed by atoms with Crippen molar-refractivity contribution >= 4 is 36.8 Å². The number of Topliss-reactive ketones (excluding diaryl/α,β-unsaturated/α-hetero) is 3. The number of carbonyl (C=O) groups excluding carboxylic acids is 5. The van der Waals surface area contributed by atoms with Crippen LogP contribution in [0.2, 0.25) is 0 Å². The van der Waals surface area contributed by atoms with E-state index in [2.05, 4.69) is 0 Å². The van der Waals surface area contributed by atoms with Gasteiger partial charge in [0, 0.05) is 77.7 Å². The molecule has 17 nitrogen and oxygen atoms in total. The van der Waals surface area contributed by atoms with Crippen LogP contribution in [0, 0.1) is 41.4 Å². The fourth-order valence-corrected chi connectivity index (χ4v) is 12.9. The fraction of sp³-hybridized carbons (Fsp3) is 0.764. The number of methoxy groups -OCH3 is 3. The van der Waals surface area contributed by atoms with Gasteiger partial charge < -0.3 is 52.6 Å². The van der Waals surface area contributed by atoms with Crippen LogP contribution in [0.3, 0.4) is 0 Å². The van der Waals surface area contributed by atoms with Gasteiger partial charge in [-0.15, -0.1) is 0 Å². The van der Waals surface area contributed by atoms with Crippen LogP contribution in [-0.2, 0) is 66.0 Å². The van der Waals surface area contributed by atoms with Crippen LogP contribution in [-0.4, -0.2) is 153 Å². The predicted molar refractivity (Wildman–Crippen MR) is 273 cm³/mol. The first kappa shape index (κ1) is 60.6. The van der Waals surface area contributed by atoms with Crippen molar-refractivity contribution in [2.24, 2.45) is 41.4 Å². The Kier molecular flexibility index (Phi) is 23.0. The topological polar surface area (TPSA) is 220 Å². The third-order valence-corrected chi connectivity index (χ3v) is 17.3. The highest BCUT2D eigenvalue weighted by molar-refractivity contribution is 7.53. The number of aliphatic hydroxyl groups is 2. The quantitative estimate of drug-likeness (QED) is 0.0644. The summed E-state index contributed by atoms with van der Waals surface area (Å²) < 4.78 is 60.2. The van der Waals surface area contributed by atoms with E-state index < -0.39 is 109 Å². The number of amides is 1. The molecule has 18 heteroatoms. The van der Waals surface area contributed by atoms with Gasteiger partial charge in [-0.3, -0.25) is 23.7 Å². The van der Waals surface area contributed by atoms with E-state index in [9.17, 15) is 38.8 Å². The summed E-state index contributed by atoms with van der Waals surface area (Å²) >= 11 is 0. The number of piperidine rings is 1. The first-order valence-electron chi connectivity index (χ1n) is 26.6. The molecule has 4 heterocycles. The standard InChI is InChI=1S/C55H86NO16P/c1-12-68-25-26-69-73(11,64)72-44-23-21-39(30-47(44)66-9)29-42-41-19-16-24-56-48(41)54(62)70-46(42)32-43(57)35(4)28-37(6)50(59)51(67-10)49(58)36(5)27-33(2)17-14-13-15-18-34(3)45(65-8)31-40-22-20-38(7)55(63,71-40)52(60)53(56)61/h13-15,17-18,28,33,35-36,38-42,44-48,50-51,59,63H,12,16,19-27,29-32H2,1-11H3/b15-13+,17-14+,34-18+,37-28+/t33?,35-,36-,38-,39+,40+,41-,42?,44-,45+,46?,47-,48?,50-,51+,55-,73?/m1/s1. The van der Waals surface area contributed by atoms with Gasteiger partial charge in [-0.2, -0.15) is 0 Å². The number of ether oxygens (including phenoxy) is 6. The number of nitrogens with zero attached hydrogens (tertiary/aromatic N) is 1. The molecule has 2 N–H and O–H groups in total. The van der Waals surface area contributed by atoms with Gasteiger partial charge >= 0.3 is 13.6 Å². The lowest BCUT2D eigenvalue weighted by Crippen LogP contribution is -2.65. The molecule has 5 rings (SSSR count). The molecule has 0 aromatic carbocycles. The molecule has 0 radical (unpaired) electrons. The van der Waals surface area contributed by atoms with E-state index in [1.807, 2.05) is 58.1 Å². The summed E-state index contributed by atoms with van der Waals surface area (Å²) in [4.78, 5) is 72.9. The van der Waals surface area contributed by atoms with E-state index in [0.29, 0.717) is 76.4 Å². The Hall–Kier alpha value is -3.22. The number of ketones is 3. The highest BCUT2D eigenvalue weighted by atomic mass is 31.2. The van der Waals surface area contributed by atoms with Gasteiger partial charge in [0.25, 0.3) is 11.7 Å². The number of rotatable bonds is 12. The molecule has 1 saturated carbocycles. The first-order valence-corrected chi connectivity index (χ1v) is 28.5. The molecule has 4 aliphatic heterocycles. The molecule has 6 bridgehead atoms. The van der Waals surface area contributed by atoms with E-state index in [4.69, 9.17) is 37.5 Å². The largest absolute Gasteiger partial charge is 0.460 e. The maximum Gasteiger partial charge on any atom is 0.329 e. The number of fused-ring (bicyclic) bond motifs is 3. The highest BCUT2D eigenvalue weighted by Gasteiger charge is 2.57. The summed E-state index contributed by atoms with van der Waals surface area (Å²) in [5.41, 5.74) is 1.25. The van der Waals surface area contributed by atoms with Crippen molar-refractivity contribution in [3.63, 3.8) is 0 Å². The SMILES string of the molecule is CCOCCOP(C)(=O)O[C@@H]1CC[C@@H](CC2C3CC(=O)[C@H](C)/C=C(\C)[C@@H](O)[C@@H](OC)C(=O)[C@H](C)CC(C)/C=C/C=C/C=C(\C)[C@@H](OC)C[C@@H]4CC[C@@H](C)[C@@](O)(O4)C(=O)C(=O)N4CCC[C@H]2C4C(=O)O3)C[C@H]1OC. The Morgan fingerprint density at radius 3 is 2.29 bits per heavy atom. The number of hydrogen-bond acceptors (Lipinski definition) is 16. The summed E-state index contributed by atoms with van der Waals surface area (Å²) in [7, 11) is 1.05. The number of hydrogen-bond donors (Lipinski definition) is 2. The first-order chi connectivity index (χ1) is 34.6. The van der Waals surface area contributed by atoms with Crippen LogP contribution in [0.1, 0.15) is 119 Å². The molecule has 5 unspecified atom stereocenters. The minimum Gasteiger partial charge on any atom is -0.460 e. The van der Waals surface area contributed by atoms with Crippen molar-refractivity contribution < 1.29 is 76.2 Å². The Morgan fingerprint density at radius 1 is 0.863 bits per heavy atom. The summed E-state index contributed by atoms with van der Waals surface area (Å²) in [5.74, 6) is -8.90. The zero-order valence-corrected chi connectivity index (χ0v) is 46.1. The van der Waals surface area contributed by atoms with E-state index in [0.717, 1.165) is 5.57 Å². The van der Waals surface area contributed by atoms with E-state index in [1.54, 1.807) is 41.1 Å². The van der Waals surface area contributed by atoms with Crippen LogP contribution in [0.25, 0.3) is 0 Å². The zero-order chi connectivity index (χ0) is 53.8. The van der Waals surface area contributed by atoms with Crippen LogP contribution >= 0.6 is 7.60 Å². The van der Waals surface area contributed by atoms with E-state index >= 15 is 0 Å². The summed E-state index contributed by atoms with van der Waals surface area (Å²) in [6.45, 7) is 15.0. The molecule has 0 spiro atoms. The van der Waals surface area contributed by atoms with E-state index in [-0.39, 0.29) is 49.6 Å². The van der Waals surface area contributed by atoms with Gasteiger partial charge in [-0.1, -0.05) is 64.2 Å². The average molecular weight is 1050 g/mol. The van der Waals surface area contributed by atoms with Gasteiger partial charge in [-0.05, 0) is 107 Å². The fourth-order valence-electron chi connectivity index (χ4n) is 11.7. The van der Waals surface area contributed by atoms with Crippen molar-refractivity contribution in [1.29, 1.82) is 0 Å². The van der Waals surface area contributed by atoms with Gasteiger partial charge in [0.2, 0.25) is 5.79 Å². The lowest BCUT2D eigenvalue weighted by molar-refractivity contribution is -0.266. The smallest absolute Gasteiger partial charge is 0.329 e. The summed E-state index contributed by atoms with van der Waals surface area (Å²) in [6, 6.07) is -1.18. The third-order valence-electron chi connectivity index (χ3n) is 16.0. The number of aliphatic hydroxyl groups excluding tert-OH is 1. The maximum atomic E-state index is 14.6. The van der Waals surface area contributed by atoms with Crippen LogP contribution in [0.15, 0.2) is 47.6 Å². The lowest BCUT2D eigenvalue weighted by Gasteiger charge is -2.50. The maximum absolute atomic E-state index is 14.6. The van der Waals surface area contributed by atoms with Crippen molar-refractivity contribution in [3.8, 4) is 0 Å². The molecule has 3 saturated heterocycles. The second kappa shape index (κ2) is 27.7.